The van der Waals surface area contributed by atoms with Gasteiger partial charge in [-0.15, -0.1) is 0 Å². The zero-order chi connectivity index (χ0) is 15.1. The van der Waals surface area contributed by atoms with Gasteiger partial charge in [-0.25, -0.2) is 0 Å². The summed E-state index contributed by atoms with van der Waals surface area (Å²) in [6.45, 7) is 9.22. The van der Waals surface area contributed by atoms with Gasteiger partial charge in [-0.05, 0) is 50.4 Å². The maximum Gasteiger partial charge on any atom is 0.0750 e. The number of hydrogen-bond acceptors (Lipinski definition) is 3. The summed E-state index contributed by atoms with van der Waals surface area (Å²) in [4.78, 5) is 2.48. The molecule has 2 rings (SSSR count). The largest absolute Gasteiger partial charge is 0.377 e. The number of ether oxygens (including phenoxy) is 1. The molecule has 1 atom stereocenters. The number of anilines is 1. The Morgan fingerprint density at radius 2 is 2.24 bits per heavy atom. The van der Waals surface area contributed by atoms with Crippen molar-refractivity contribution in [2.75, 3.05) is 31.1 Å². The molecule has 1 aromatic rings. The van der Waals surface area contributed by atoms with Crippen LogP contribution in [0, 0.1) is 0 Å². The van der Waals surface area contributed by atoms with E-state index in [0.717, 1.165) is 37.3 Å². The number of rotatable bonds is 7. The van der Waals surface area contributed by atoms with Gasteiger partial charge in [0.25, 0.3) is 0 Å². The lowest BCUT2D eigenvalue weighted by molar-refractivity contribution is 0.0526. The second-order valence-corrected chi connectivity index (χ2v) is 6.53. The monoisotopic (exact) mass is 354 g/mol. The maximum absolute atomic E-state index is 5.83. The molecule has 118 valence electrons. The van der Waals surface area contributed by atoms with Crippen LogP contribution in [0.15, 0.2) is 22.7 Å². The summed E-state index contributed by atoms with van der Waals surface area (Å²) in [5.74, 6) is 0. The third-order valence-electron chi connectivity index (χ3n) is 3.91. The summed E-state index contributed by atoms with van der Waals surface area (Å²) in [6.07, 6.45) is 3.93. The first-order chi connectivity index (χ1) is 10.2. The molecule has 1 aliphatic rings. The van der Waals surface area contributed by atoms with Crippen LogP contribution in [-0.2, 0) is 11.3 Å². The number of halogens is 1. The van der Waals surface area contributed by atoms with Crippen LogP contribution in [0.2, 0.25) is 0 Å². The summed E-state index contributed by atoms with van der Waals surface area (Å²) < 4.78 is 6.98. The third kappa shape index (κ3) is 4.97. The van der Waals surface area contributed by atoms with Crippen molar-refractivity contribution in [3.63, 3.8) is 0 Å². The minimum absolute atomic E-state index is 0.374. The number of nitrogens with one attached hydrogen (secondary N) is 1. The zero-order valence-electron chi connectivity index (χ0n) is 13.2. The van der Waals surface area contributed by atoms with Gasteiger partial charge in [-0.3, -0.25) is 0 Å². The van der Waals surface area contributed by atoms with E-state index in [0.29, 0.717) is 6.10 Å². The molecule has 0 aliphatic carbocycles. The third-order valence-corrected chi connectivity index (χ3v) is 4.40. The number of piperidine rings is 1. The van der Waals surface area contributed by atoms with E-state index in [2.05, 4.69) is 58.2 Å². The quantitative estimate of drug-likeness (QED) is 0.750. The van der Waals surface area contributed by atoms with Crippen molar-refractivity contribution >= 4 is 21.6 Å². The minimum Gasteiger partial charge on any atom is -0.377 e. The minimum atomic E-state index is 0.374. The summed E-state index contributed by atoms with van der Waals surface area (Å²) in [5.41, 5.74) is 2.72. The first-order valence-corrected chi connectivity index (χ1v) is 8.89. The number of benzene rings is 1. The van der Waals surface area contributed by atoms with Gasteiger partial charge in [-0.1, -0.05) is 28.9 Å². The Morgan fingerprint density at radius 1 is 1.38 bits per heavy atom. The van der Waals surface area contributed by atoms with E-state index in [1.54, 1.807) is 0 Å². The molecule has 0 radical (unpaired) electrons. The average molecular weight is 355 g/mol. The molecule has 0 aromatic heterocycles. The Kier molecular flexibility index (Phi) is 7.00. The number of hydrogen-bond donors (Lipinski definition) is 1. The van der Waals surface area contributed by atoms with Crippen molar-refractivity contribution in [3.05, 3.63) is 28.2 Å². The fraction of sp³-hybridized carbons (Fsp3) is 0.647. The molecule has 1 aliphatic heterocycles. The van der Waals surface area contributed by atoms with Crippen molar-refractivity contribution in [1.82, 2.24) is 5.32 Å². The van der Waals surface area contributed by atoms with E-state index >= 15 is 0 Å². The van der Waals surface area contributed by atoms with Crippen LogP contribution in [0.3, 0.4) is 0 Å². The molecule has 4 heteroatoms. The molecule has 1 saturated heterocycles. The fourth-order valence-corrected chi connectivity index (χ4v) is 3.26. The van der Waals surface area contributed by atoms with Crippen LogP contribution < -0.4 is 10.2 Å². The topological polar surface area (TPSA) is 24.5 Å². The van der Waals surface area contributed by atoms with Crippen LogP contribution in [0.5, 0.6) is 0 Å². The van der Waals surface area contributed by atoms with Crippen molar-refractivity contribution in [2.45, 2.75) is 45.8 Å². The second kappa shape index (κ2) is 8.76. The summed E-state index contributed by atoms with van der Waals surface area (Å²) in [7, 11) is 0. The van der Waals surface area contributed by atoms with Gasteiger partial charge in [0.05, 0.1) is 6.10 Å². The van der Waals surface area contributed by atoms with Crippen LogP contribution in [-0.4, -0.2) is 32.3 Å². The van der Waals surface area contributed by atoms with Crippen LogP contribution in [0.1, 0.15) is 38.7 Å². The highest BCUT2D eigenvalue weighted by atomic mass is 79.9. The van der Waals surface area contributed by atoms with Gasteiger partial charge in [0.15, 0.2) is 0 Å². The Morgan fingerprint density at radius 3 is 3.00 bits per heavy atom. The van der Waals surface area contributed by atoms with Gasteiger partial charge in [-0.2, -0.15) is 0 Å². The first kappa shape index (κ1) is 16.8. The lowest BCUT2D eigenvalue weighted by Crippen LogP contribution is -2.40. The Balaban J connectivity index is 2.10. The maximum atomic E-state index is 5.83. The Hall–Kier alpha value is -0.580. The highest BCUT2D eigenvalue weighted by Crippen LogP contribution is 2.28. The zero-order valence-corrected chi connectivity index (χ0v) is 14.8. The lowest BCUT2D eigenvalue weighted by Gasteiger charge is -2.35. The standard InChI is InChI=1S/C17H27BrN2O/c1-3-9-19-12-14-7-8-15(18)11-17(14)20-10-5-6-16(13-20)21-4-2/h7-8,11,16,19H,3-6,9-10,12-13H2,1-2H3. The molecule has 0 spiro atoms. The van der Waals surface area contributed by atoms with Gasteiger partial charge in [0, 0.05) is 36.4 Å². The van der Waals surface area contributed by atoms with Gasteiger partial charge in [0.2, 0.25) is 0 Å². The van der Waals surface area contributed by atoms with Crippen LogP contribution >= 0.6 is 15.9 Å². The van der Waals surface area contributed by atoms with E-state index in [9.17, 15) is 0 Å². The average Bonchev–Trinajstić information content (AvgIpc) is 2.49. The highest BCUT2D eigenvalue weighted by Gasteiger charge is 2.22. The van der Waals surface area contributed by atoms with Crippen molar-refractivity contribution < 1.29 is 4.74 Å². The van der Waals surface area contributed by atoms with E-state index in [1.807, 2.05) is 0 Å². The van der Waals surface area contributed by atoms with Gasteiger partial charge >= 0.3 is 0 Å². The van der Waals surface area contributed by atoms with Crippen molar-refractivity contribution in [3.8, 4) is 0 Å². The molecule has 1 fully saturated rings. The van der Waals surface area contributed by atoms with E-state index < -0.39 is 0 Å². The predicted octanol–water partition coefficient (Wildman–Crippen LogP) is 3.95. The van der Waals surface area contributed by atoms with Crippen LogP contribution in [0.25, 0.3) is 0 Å². The molecule has 0 amide bonds. The lowest BCUT2D eigenvalue weighted by atomic mass is 10.0. The SMILES string of the molecule is CCCNCc1ccc(Br)cc1N1CCCC(OCC)C1. The molecular weight excluding hydrogens is 328 g/mol. The molecule has 21 heavy (non-hydrogen) atoms. The molecule has 1 aromatic carbocycles. The predicted molar refractivity (Wildman–Crippen MR) is 93.0 cm³/mol. The molecule has 1 N–H and O–H groups in total. The van der Waals surface area contributed by atoms with E-state index in [-0.39, 0.29) is 0 Å². The normalized spacial score (nSPS) is 19.0. The molecule has 0 saturated carbocycles. The van der Waals surface area contributed by atoms with Gasteiger partial charge in [0.1, 0.15) is 0 Å². The molecule has 1 unspecified atom stereocenters. The number of nitrogens with zero attached hydrogens (tertiary/aromatic N) is 1. The van der Waals surface area contributed by atoms with E-state index in [1.165, 1.54) is 30.5 Å². The molecular formula is C17H27BrN2O. The Labute approximate surface area is 137 Å². The fourth-order valence-electron chi connectivity index (χ4n) is 2.91. The highest BCUT2D eigenvalue weighted by molar-refractivity contribution is 9.10. The Bertz CT molecular complexity index is 437. The summed E-state index contributed by atoms with van der Waals surface area (Å²) >= 11 is 3.61. The smallest absolute Gasteiger partial charge is 0.0750 e. The second-order valence-electron chi connectivity index (χ2n) is 5.62. The van der Waals surface area contributed by atoms with Crippen molar-refractivity contribution in [2.24, 2.45) is 0 Å². The van der Waals surface area contributed by atoms with Gasteiger partial charge < -0.3 is 15.0 Å². The van der Waals surface area contributed by atoms with Crippen molar-refractivity contribution in [1.29, 1.82) is 0 Å². The first-order valence-electron chi connectivity index (χ1n) is 8.10. The summed E-state index contributed by atoms with van der Waals surface area (Å²) in [6, 6.07) is 6.61. The molecule has 0 bridgehead atoms. The summed E-state index contributed by atoms with van der Waals surface area (Å²) in [5, 5.41) is 3.51. The molecule has 3 nitrogen and oxygen atoms in total. The molecule has 1 heterocycles. The van der Waals surface area contributed by atoms with Crippen LogP contribution in [0.4, 0.5) is 5.69 Å². The van der Waals surface area contributed by atoms with E-state index in [4.69, 9.17) is 4.74 Å².